The number of likely N-dealkylation sites (tertiary alicyclic amines) is 1. The molecule has 0 aromatic heterocycles. The number of nitrogens with one attached hydrogen (secondary N) is 1. The third kappa shape index (κ3) is 2.66. The lowest BCUT2D eigenvalue weighted by atomic mass is 10.00. The molecule has 4 heteroatoms. The van der Waals surface area contributed by atoms with Gasteiger partial charge in [0.1, 0.15) is 0 Å². The minimum Gasteiger partial charge on any atom is -0.297 e. The van der Waals surface area contributed by atoms with Gasteiger partial charge in [-0.1, -0.05) is 54.6 Å². The van der Waals surface area contributed by atoms with Crippen molar-refractivity contribution in [3.63, 3.8) is 0 Å². The Morgan fingerprint density at radius 2 is 1.39 bits per heavy atom. The quantitative estimate of drug-likeness (QED) is 0.883. The number of hydrogen-bond acceptors (Lipinski definition) is 3. The summed E-state index contributed by atoms with van der Waals surface area (Å²) < 4.78 is 0. The van der Waals surface area contributed by atoms with Crippen molar-refractivity contribution >= 4 is 11.8 Å². The third-order valence-corrected chi connectivity index (χ3v) is 4.78. The SMILES string of the molecule is O=C1NC(=O)[C@@H]2CN(Cc3ccc(-c4ccccc4)cc3)C[C@H]12. The van der Waals surface area contributed by atoms with Crippen molar-refractivity contribution in [3.05, 3.63) is 60.2 Å². The van der Waals surface area contributed by atoms with E-state index in [1.165, 1.54) is 16.7 Å². The van der Waals surface area contributed by atoms with Gasteiger partial charge >= 0.3 is 0 Å². The lowest BCUT2D eigenvalue weighted by Crippen LogP contribution is -2.31. The number of imide groups is 1. The summed E-state index contributed by atoms with van der Waals surface area (Å²) in [6.07, 6.45) is 0. The Labute approximate surface area is 135 Å². The van der Waals surface area contributed by atoms with E-state index in [0.29, 0.717) is 13.1 Å². The van der Waals surface area contributed by atoms with Crippen LogP contribution in [0, 0.1) is 11.8 Å². The molecular weight excluding hydrogens is 288 g/mol. The molecule has 0 radical (unpaired) electrons. The number of amides is 2. The highest BCUT2D eigenvalue weighted by Crippen LogP contribution is 2.29. The molecule has 2 aliphatic rings. The van der Waals surface area contributed by atoms with Gasteiger partial charge < -0.3 is 0 Å². The Morgan fingerprint density at radius 3 is 2.00 bits per heavy atom. The Kier molecular flexibility index (Phi) is 3.46. The number of fused-ring (bicyclic) bond motifs is 1. The van der Waals surface area contributed by atoms with Gasteiger partial charge in [0.25, 0.3) is 0 Å². The average molecular weight is 306 g/mol. The summed E-state index contributed by atoms with van der Waals surface area (Å²) in [6, 6.07) is 18.8. The van der Waals surface area contributed by atoms with Crippen LogP contribution in [-0.4, -0.2) is 29.8 Å². The van der Waals surface area contributed by atoms with Gasteiger partial charge in [-0.2, -0.15) is 0 Å². The maximum Gasteiger partial charge on any atom is 0.231 e. The summed E-state index contributed by atoms with van der Waals surface area (Å²) in [6.45, 7) is 2.12. The number of carbonyl (C=O) groups is 2. The van der Waals surface area contributed by atoms with Gasteiger partial charge in [-0.25, -0.2) is 0 Å². The Hall–Kier alpha value is -2.46. The number of nitrogens with zero attached hydrogens (tertiary/aromatic N) is 1. The molecule has 0 aliphatic carbocycles. The summed E-state index contributed by atoms with van der Waals surface area (Å²) in [5, 5.41) is 2.42. The van der Waals surface area contributed by atoms with E-state index in [9.17, 15) is 9.59 Å². The average Bonchev–Trinajstić information content (AvgIpc) is 3.10. The summed E-state index contributed by atoms with van der Waals surface area (Å²) in [7, 11) is 0. The van der Waals surface area contributed by atoms with Gasteiger partial charge in [0.15, 0.2) is 0 Å². The highest BCUT2D eigenvalue weighted by Gasteiger charge is 2.47. The van der Waals surface area contributed by atoms with Crippen LogP contribution in [0.2, 0.25) is 0 Å². The predicted molar refractivity (Wildman–Crippen MR) is 87.3 cm³/mol. The molecule has 0 spiro atoms. The standard InChI is InChI=1S/C19H18N2O2/c22-18-16-11-21(12-17(16)19(23)20-18)10-13-6-8-15(9-7-13)14-4-2-1-3-5-14/h1-9,16-17H,10-12H2,(H,20,22,23)/t16-,17+. The molecule has 2 saturated heterocycles. The first-order chi connectivity index (χ1) is 11.2. The summed E-state index contributed by atoms with van der Waals surface area (Å²) >= 11 is 0. The van der Waals surface area contributed by atoms with Crippen molar-refractivity contribution in [1.82, 2.24) is 10.2 Å². The largest absolute Gasteiger partial charge is 0.297 e. The Bertz CT molecular complexity index is 718. The van der Waals surface area contributed by atoms with Crippen LogP contribution in [-0.2, 0) is 16.1 Å². The van der Waals surface area contributed by atoms with Gasteiger partial charge in [0.05, 0.1) is 11.8 Å². The highest BCUT2D eigenvalue weighted by molar-refractivity contribution is 6.05. The van der Waals surface area contributed by atoms with Gasteiger partial charge in [0, 0.05) is 19.6 Å². The molecule has 2 heterocycles. The molecule has 0 saturated carbocycles. The van der Waals surface area contributed by atoms with E-state index in [1.54, 1.807) is 0 Å². The summed E-state index contributed by atoms with van der Waals surface area (Å²) in [4.78, 5) is 25.6. The molecule has 1 N–H and O–H groups in total. The molecule has 0 unspecified atom stereocenters. The lowest BCUT2D eigenvalue weighted by molar-refractivity contribution is -0.126. The monoisotopic (exact) mass is 306 g/mol. The van der Waals surface area contributed by atoms with E-state index in [0.717, 1.165) is 6.54 Å². The van der Waals surface area contributed by atoms with Crippen molar-refractivity contribution in [2.45, 2.75) is 6.54 Å². The molecule has 4 nitrogen and oxygen atoms in total. The maximum absolute atomic E-state index is 11.7. The van der Waals surface area contributed by atoms with Crippen LogP contribution in [0.5, 0.6) is 0 Å². The van der Waals surface area contributed by atoms with Crippen LogP contribution in [0.4, 0.5) is 0 Å². The number of benzene rings is 2. The zero-order chi connectivity index (χ0) is 15.8. The van der Waals surface area contributed by atoms with Crippen molar-refractivity contribution in [1.29, 1.82) is 0 Å². The summed E-state index contributed by atoms with van der Waals surface area (Å²) in [5.74, 6) is -0.541. The van der Waals surface area contributed by atoms with Crippen molar-refractivity contribution in [3.8, 4) is 11.1 Å². The molecule has 2 fully saturated rings. The van der Waals surface area contributed by atoms with Crippen LogP contribution in [0.25, 0.3) is 11.1 Å². The highest BCUT2D eigenvalue weighted by atomic mass is 16.2. The topological polar surface area (TPSA) is 49.4 Å². The molecule has 4 rings (SSSR count). The zero-order valence-electron chi connectivity index (χ0n) is 12.7. The van der Waals surface area contributed by atoms with Crippen LogP contribution in [0.1, 0.15) is 5.56 Å². The second-order valence-corrected chi connectivity index (χ2v) is 6.32. The van der Waals surface area contributed by atoms with E-state index in [-0.39, 0.29) is 23.7 Å². The zero-order valence-corrected chi connectivity index (χ0v) is 12.7. The second kappa shape index (κ2) is 5.63. The molecule has 0 bridgehead atoms. The minimum absolute atomic E-state index is 0.109. The number of carbonyl (C=O) groups excluding carboxylic acids is 2. The molecule has 2 atom stereocenters. The molecule has 2 aliphatic heterocycles. The van der Waals surface area contributed by atoms with Crippen LogP contribution < -0.4 is 5.32 Å². The first kappa shape index (κ1) is 14.2. The molecule has 116 valence electrons. The molecule has 2 aromatic carbocycles. The van der Waals surface area contributed by atoms with Gasteiger partial charge in [-0.05, 0) is 16.7 Å². The smallest absolute Gasteiger partial charge is 0.231 e. The second-order valence-electron chi connectivity index (χ2n) is 6.32. The Morgan fingerprint density at radius 1 is 0.826 bits per heavy atom. The first-order valence-corrected chi connectivity index (χ1v) is 7.92. The van der Waals surface area contributed by atoms with E-state index in [2.05, 4.69) is 46.6 Å². The van der Waals surface area contributed by atoms with E-state index in [1.807, 2.05) is 18.2 Å². The van der Waals surface area contributed by atoms with Crippen molar-refractivity contribution < 1.29 is 9.59 Å². The van der Waals surface area contributed by atoms with E-state index < -0.39 is 0 Å². The maximum atomic E-state index is 11.7. The van der Waals surface area contributed by atoms with Crippen molar-refractivity contribution in [2.75, 3.05) is 13.1 Å². The molecular formula is C19H18N2O2. The van der Waals surface area contributed by atoms with Gasteiger partial charge in [-0.15, -0.1) is 0 Å². The van der Waals surface area contributed by atoms with Crippen molar-refractivity contribution in [2.24, 2.45) is 11.8 Å². The first-order valence-electron chi connectivity index (χ1n) is 7.92. The fourth-order valence-electron chi connectivity index (χ4n) is 3.54. The lowest BCUT2D eigenvalue weighted by Gasteiger charge is -2.16. The van der Waals surface area contributed by atoms with Crippen LogP contribution in [0.15, 0.2) is 54.6 Å². The van der Waals surface area contributed by atoms with Gasteiger partial charge in [0.2, 0.25) is 11.8 Å². The molecule has 2 aromatic rings. The predicted octanol–water partition coefficient (Wildman–Crippen LogP) is 2.06. The number of rotatable bonds is 3. The van der Waals surface area contributed by atoms with Gasteiger partial charge in [-0.3, -0.25) is 19.8 Å². The minimum atomic E-state index is -0.161. The fraction of sp³-hybridized carbons (Fsp3) is 0.263. The fourth-order valence-corrected chi connectivity index (χ4v) is 3.54. The molecule has 2 amide bonds. The van der Waals surface area contributed by atoms with Crippen LogP contribution in [0.3, 0.4) is 0 Å². The Balaban J connectivity index is 1.44. The van der Waals surface area contributed by atoms with E-state index >= 15 is 0 Å². The molecule has 23 heavy (non-hydrogen) atoms. The van der Waals surface area contributed by atoms with Crippen LogP contribution >= 0.6 is 0 Å². The summed E-state index contributed by atoms with van der Waals surface area (Å²) in [5.41, 5.74) is 3.61. The normalized spacial score (nSPS) is 23.8. The van der Waals surface area contributed by atoms with E-state index in [4.69, 9.17) is 0 Å². The number of hydrogen-bond donors (Lipinski definition) is 1. The third-order valence-electron chi connectivity index (χ3n) is 4.78.